The number of carbonyl (C=O) groups is 1. The van der Waals surface area contributed by atoms with Crippen LogP contribution in [0.1, 0.15) is 30.9 Å². The van der Waals surface area contributed by atoms with Gasteiger partial charge >= 0.3 is 0 Å². The van der Waals surface area contributed by atoms with Crippen LogP contribution in [0.15, 0.2) is 46.9 Å². The van der Waals surface area contributed by atoms with E-state index < -0.39 is 5.41 Å². The Morgan fingerprint density at radius 2 is 1.80 bits per heavy atom. The highest BCUT2D eigenvalue weighted by atomic mass is 16.3. The second kappa shape index (κ2) is 5.53. The third-order valence-corrected chi connectivity index (χ3v) is 3.57. The molecule has 0 aliphatic heterocycles. The highest BCUT2D eigenvalue weighted by Gasteiger charge is 2.32. The average Bonchev–Trinajstić information content (AvgIpc) is 2.84. The molecule has 0 fully saturated rings. The van der Waals surface area contributed by atoms with Crippen LogP contribution in [0.25, 0.3) is 0 Å². The Kier molecular flexibility index (Phi) is 3.98. The second-order valence-corrected chi connectivity index (χ2v) is 5.66. The molecule has 0 unspecified atom stereocenters. The molecule has 0 atom stereocenters. The molecule has 1 aromatic heterocycles. The van der Waals surface area contributed by atoms with Gasteiger partial charge in [-0.15, -0.1) is 0 Å². The van der Waals surface area contributed by atoms with Crippen LogP contribution >= 0.6 is 0 Å². The van der Waals surface area contributed by atoms with Gasteiger partial charge in [0.25, 0.3) is 0 Å². The topological polar surface area (TPSA) is 33.5 Å². The Balaban J connectivity index is 2.13. The number of carbonyl (C=O) groups excluding carboxylic acids is 1. The van der Waals surface area contributed by atoms with Crippen LogP contribution < -0.4 is 0 Å². The summed E-state index contributed by atoms with van der Waals surface area (Å²) in [4.78, 5) is 14.4. The van der Waals surface area contributed by atoms with Crippen LogP contribution in [0.4, 0.5) is 0 Å². The number of hydrogen-bond donors (Lipinski definition) is 0. The van der Waals surface area contributed by atoms with E-state index in [0.29, 0.717) is 6.54 Å². The number of nitrogens with zero attached hydrogens (tertiary/aromatic N) is 1. The number of aryl methyl sites for hydroxylation is 1. The Hall–Kier alpha value is -2.03. The molecule has 0 aliphatic carbocycles. The maximum atomic E-state index is 12.7. The lowest BCUT2D eigenvalue weighted by Gasteiger charge is -2.29. The molecule has 0 bridgehead atoms. The highest BCUT2D eigenvalue weighted by Crippen LogP contribution is 2.25. The minimum atomic E-state index is -0.544. The van der Waals surface area contributed by atoms with Crippen molar-refractivity contribution in [3.8, 4) is 0 Å². The quantitative estimate of drug-likeness (QED) is 0.852. The van der Waals surface area contributed by atoms with Crippen LogP contribution in [0, 0.1) is 6.92 Å². The molecular formula is C17H21NO2. The van der Waals surface area contributed by atoms with Gasteiger partial charge in [0.15, 0.2) is 0 Å². The summed E-state index contributed by atoms with van der Waals surface area (Å²) in [7, 11) is 1.81. The smallest absolute Gasteiger partial charge is 0.232 e. The van der Waals surface area contributed by atoms with E-state index in [4.69, 9.17) is 4.42 Å². The normalized spacial score (nSPS) is 11.4. The van der Waals surface area contributed by atoms with Crippen LogP contribution in [0.3, 0.4) is 0 Å². The fourth-order valence-corrected chi connectivity index (χ4v) is 2.33. The van der Waals surface area contributed by atoms with Crippen molar-refractivity contribution in [2.45, 2.75) is 32.7 Å². The van der Waals surface area contributed by atoms with E-state index in [1.54, 1.807) is 4.90 Å². The first-order chi connectivity index (χ1) is 9.41. The molecule has 1 heterocycles. The van der Waals surface area contributed by atoms with Crippen LogP contribution in [-0.2, 0) is 16.8 Å². The zero-order valence-corrected chi connectivity index (χ0v) is 12.5. The lowest BCUT2D eigenvalue weighted by atomic mass is 9.83. The van der Waals surface area contributed by atoms with E-state index in [2.05, 4.69) is 0 Å². The summed E-state index contributed by atoms with van der Waals surface area (Å²) in [6.45, 7) is 6.30. The molecule has 1 amide bonds. The van der Waals surface area contributed by atoms with Crippen molar-refractivity contribution in [1.82, 2.24) is 4.90 Å². The molecule has 1 aromatic carbocycles. The van der Waals surface area contributed by atoms with Crippen molar-refractivity contribution in [3.63, 3.8) is 0 Å². The summed E-state index contributed by atoms with van der Waals surface area (Å²) in [5, 5.41) is 0. The number of furan rings is 1. The van der Waals surface area contributed by atoms with E-state index in [1.165, 1.54) is 0 Å². The van der Waals surface area contributed by atoms with Gasteiger partial charge in [-0.3, -0.25) is 4.79 Å². The molecule has 2 aromatic rings. The molecule has 0 radical (unpaired) electrons. The summed E-state index contributed by atoms with van der Waals surface area (Å²) >= 11 is 0. The van der Waals surface area contributed by atoms with Crippen molar-refractivity contribution in [3.05, 3.63) is 59.5 Å². The second-order valence-electron chi connectivity index (χ2n) is 5.66. The van der Waals surface area contributed by atoms with Crippen LogP contribution in [0.2, 0.25) is 0 Å². The Morgan fingerprint density at radius 1 is 1.15 bits per heavy atom. The molecule has 0 saturated heterocycles. The molecule has 3 nitrogen and oxygen atoms in total. The third kappa shape index (κ3) is 2.93. The van der Waals surface area contributed by atoms with Gasteiger partial charge in [0.1, 0.15) is 11.5 Å². The molecular weight excluding hydrogens is 250 g/mol. The maximum Gasteiger partial charge on any atom is 0.232 e. The van der Waals surface area contributed by atoms with E-state index in [0.717, 1.165) is 17.1 Å². The largest absolute Gasteiger partial charge is 0.464 e. The van der Waals surface area contributed by atoms with Gasteiger partial charge in [0.2, 0.25) is 5.91 Å². The van der Waals surface area contributed by atoms with Gasteiger partial charge < -0.3 is 9.32 Å². The summed E-state index contributed by atoms with van der Waals surface area (Å²) in [5.41, 5.74) is 0.477. The molecule has 20 heavy (non-hydrogen) atoms. The first kappa shape index (κ1) is 14.4. The predicted molar refractivity (Wildman–Crippen MR) is 79.4 cm³/mol. The van der Waals surface area contributed by atoms with E-state index in [9.17, 15) is 4.79 Å². The first-order valence-corrected chi connectivity index (χ1v) is 6.77. The summed E-state index contributed by atoms with van der Waals surface area (Å²) in [6.07, 6.45) is 0. The van der Waals surface area contributed by atoms with Crippen molar-refractivity contribution in [1.29, 1.82) is 0 Å². The fourth-order valence-electron chi connectivity index (χ4n) is 2.33. The predicted octanol–water partition coefficient (Wildman–Crippen LogP) is 3.52. The zero-order valence-electron chi connectivity index (χ0n) is 12.5. The Morgan fingerprint density at radius 3 is 2.35 bits per heavy atom. The molecule has 2 rings (SSSR count). The zero-order chi connectivity index (χ0) is 14.8. The minimum absolute atomic E-state index is 0.0813. The third-order valence-electron chi connectivity index (χ3n) is 3.57. The number of amides is 1. The Bertz CT molecular complexity index is 584. The van der Waals surface area contributed by atoms with E-state index in [-0.39, 0.29) is 5.91 Å². The summed E-state index contributed by atoms with van der Waals surface area (Å²) < 4.78 is 5.53. The molecule has 0 spiro atoms. The van der Waals surface area contributed by atoms with Crippen molar-refractivity contribution in [2.75, 3.05) is 7.05 Å². The van der Waals surface area contributed by atoms with Crippen molar-refractivity contribution in [2.24, 2.45) is 0 Å². The van der Waals surface area contributed by atoms with Gasteiger partial charge in [-0.05, 0) is 38.5 Å². The standard InChI is InChI=1S/C17H21NO2/c1-13-10-11-15(20-13)12-18(4)16(19)17(2,3)14-8-6-5-7-9-14/h5-11H,12H2,1-4H3. The lowest BCUT2D eigenvalue weighted by molar-refractivity contribution is -0.135. The number of hydrogen-bond acceptors (Lipinski definition) is 2. The molecule has 0 N–H and O–H groups in total. The average molecular weight is 271 g/mol. The minimum Gasteiger partial charge on any atom is -0.464 e. The fraction of sp³-hybridized carbons (Fsp3) is 0.353. The van der Waals surface area contributed by atoms with Crippen LogP contribution in [-0.4, -0.2) is 17.9 Å². The SMILES string of the molecule is Cc1ccc(CN(C)C(=O)C(C)(C)c2ccccc2)o1. The molecule has 0 saturated carbocycles. The van der Waals surface area contributed by atoms with Gasteiger partial charge in [-0.1, -0.05) is 30.3 Å². The molecule has 0 aliphatic rings. The number of likely N-dealkylation sites (N-methyl/N-ethyl adjacent to an activating group) is 1. The van der Waals surface area contributed by atoms with Gasteiger partial charge in [0, 0.05) is 7.05 Å². The highest BCUT2D eigenvalue weighted by molar-refractivity contribution is 5.87. The summed E-state index contributed by atoms with van der Waals surface area (Å²) in [6, 6.07) is 13.7. The monoisotopic (exact) mass is 271 g/mol. The molecule has 106 valence electrons. The Labute approximate surface area is 120 Å². The first-order valence-electron chi connectivity index (χ1n) is 6.77. The number of benzene rings is 1. The van der Waals surface area contributed by atoms with Gasteiger partial charge in [-0.2, -0.15) is 0 Å². The van der Waals surface area contributed by atoms with Gasteiger partial charge in [0.05, 0.1) is 12.0 Å². The maximum absolute atomic E-state index is 12.7. The van der Waals surface area contributed by atoms with Crippen LogP contribution in [0.5, 0.6) is 0 Å². The lowest BCUT2D eigenvalue weighted by Crippen LogP contribution is -2.40. The van der Waals surface area contributed by atoms with E-state index in [1.807, 2.05) is 70.3 Å². The van der Waals surface area contributed by atoms with Crippen molar-refractivity contribution < 1.29 is 9.21 Å². The molecule has 3 heteroatoms. The summed E-state index contributed by atoms with van der Waals surface area (Å²) in [5.74, 6) is 1.75. The van der Waals surface area contributed by atoms with E-state index >= 15 is 0 Å². The van der Waals surface area contributed by atoms with Crippen molar-refractivity contribution >= 4 is 5.91 Å². The number of rotatable bonds is 4. The van der Waals surface area contributed by atoms with Gasteiger partial charge in [-0.25, -0.2) is 0 Å².